The van der Waals surface area contributed by atoms with Gasteiger partial charge in [-0.05, 0) is 45.2 Å². The standard InChI is InChI=1S/C13H24N2O2/c1-13(5-7-14-8-6-13)12(17)15(9-10-16)11-3-2-4-11/h11,14,16H,2-10H2,1H3. The molecule has 0 radical (unpaired) electrons. The number of aliphatic hydroxyl groups is 1. The fourth-order valence-electron chi connectivity index (χ4n) is 2.80. The molecule has 17 heavy (non-hydrogen) atoms. The minimum atomic E-state index is -0.212. The largest absolute Gasteiger partial charge is 0.395 e. The highest BCUT2D eigenvalue weighted by atomic mass is 16.3. The zero-order valence-corrected chi connectivity index (χ0v) is 10.7. The molecule has 0 atom stereocenters. The molecule has 1 saturated carbocycles. The summed E-state index contributed by atoms with van der Waals surface area (Å²) in [6.45, 7) is 4.53. The Morgan fingerprint density at radius 2 is 2.06 bits per heavy atom. The van der Waals surface area contributed by atoms with Gasteiger partial charge in [-0.25, -0.2) is 0 Å². The minimum Gasteiger partial charge on any atom is -0.395 e. The molecule has 0 aromatic carbocycles. The number of rotatable bonds is 4. The Bertz CT molecular complexity index is 271. The highest BCUT2D eigenvalue weighted by molar-refractivity contribution is 5.83. The molecule has 1 aliphatic carbocycles. The average Bonchev–Trinajstić information content (AvgIpc) is 2.26. The van der Waals surface area contributed by atoms with Crippen LogP contribution in [0.15, 0.2) is 0 Å². The maximum absolute atomic E-state index is 12.6. The van der Waals surface area contributed by atoms with Crippen molar-refractivity contribution in [2.24, 2.45) is 5.41 Å². The molecule has 1 aliphatic heterocycles. The first-order chi connectivity index (χ1) is 8.17. The summed E-state index contributed by atoms with van der Waals surface area (Å²) in [4.78, 5) is 14.6. The van der Waals surface area contributed by atoms with Crippen molar-refractivity contribution in [3.05, 3.63) is 0 Å². The van der Waals surface area contributed by atoms with Crippen LogP contribution < -0.4 is 5.32 Å². The second kappa shape index (κ2) is 5.36. The Kier molecular flexibility index (Phi) is 4.05. The number of hydrogen-bond acceptors (Lipinski definition) is 3. The minimum absolute atomic E-state index is 0.0799. The summed E-state index contributed by atoms with van der Waals surface area (Å²) >= 11 is 0. The van der Waals surface area contributed by atoms with Crippen molar-refractivity contribution in [2.75, 3.05) is 26.2 Å². The highest BCUT2D eigenvalue weighted by Crippen LogP contribution is 2.34. The molecule has 4 heteroatoms. The SMILES string of the molecule is CC1(C(=O)N(CCO)C2CCC2)CCNCC1. The van der Waals surface area contributed by atoms with Gasteiger partial charge in [0, 0.05) is 18.0 Å². The fourth-order valence-corrected chi connectivity index (χ4v) is 2.80. The maximum Gasteiger partial charge on any atom is 0.228 e. The van der Waals surface area contributed by atoms with Crippen LogP contribution in [0.25, 0.3) is 0 Å². The van der Waals surface area contributed by atoms with E-state index in [-0.39, 0.29) is 17.9 Å². The van der Waals surface area contributed by atoms with Crippen LogP contribution >= 0.6 is 0 Å². The molecule has 4 nitrogen and oxygen atoms in total. The normalized spacial score (nSPS) is 24.1. The smallest absolute Gasteiger partial charge is 0.228 e. The molecule has 2 N–H and O–H groups in total. The van der Waals surface area contributed by atoms with Crippen molar-refractivity contribution in [3.8, 4) is 0 Å². The van der Waals surface area contributed by atoms with E-state index in [2.05, 4.69) is 12.2 Å². The van der Waals surface area contributed by atoms with Crippen LogP contribution in [-0.4, -0.2) is 48.2 Å². The molecule has 1 heterocycles. The zero-order valence-electron chi connectivity index (χ0n) is 10.7. The topological polar surface area (TPSA) is 52.6 Å². The van der Waals surface area contributed by atoms with Gasteiger partial charge in [-0.3, -0.25) is 4.79 Å². The van der Waals surface area contributed by atoms with Gasteiger partial charge in [0.2, 0.25) is 5.91 Å². The van der Waals surface area contributed by atoms with Crippen molar-refractivity contribution in [1.29, 1.82) is 0 Å². The molecule has 1 saturated heterocycles. The van der Waals surface area contributed by atoms with E-state index in [1.165, 1.54) is 6.42 Å². The summed E-state index contributed by atoms with van der Waals surface area (Å²) in [7, 11) is 0. The summed E-state index contributed by atoms with van der Waals surface area (Å²) in [5, 5.41) is 12.4. The van der Waals surface area contributed by atoms with Crippen LogP contribution in [0.4, 0.5) is 0 Å². The van der Waals surface area contributed by atoms with Gasteiger partial charge in [-0.15, -0.1) is 0 Å². The summed E-state index contributed by atoms with van der Waals surface area (Å²) in [6.07, 6.45) is 5.28. The van der Waals surface area contributed by atoms with E-state index in [0.29, 0.717) is 12.6 Å². The Morgan fingerprint density at radius 1 is 1.41 bits per heavy atom. The van der Waals surface area contributed by atoms with Gasteiger partial charge < -0.3 is 15.3 Å². The number of amides is 1. The third-order valence-electron chi connectivity index (χ3n) is 4.34. The van der Waals surface area contributed by atoms with Crippen molar-refractivity contribution in [1.82, 2.24) is 10.2 Å². The average molecular weight is 240 g/mol. The van der Waals surface area contributed by atoms with Gasteiger partial charge in [0.05, 0.1) is 6.61 Å². The highest BCUT2D eigenvalue weighted by Gasteiger charge is 2.40. The number of carbonyl (C=O) groups is 1. The lowest BCUT2D eigenvalue weighted by atomic mass is 9.78. The first kappa shape index (κ1) is 12.8. The van der Waals surface area contributed by atoms with Gasteiger partial charge in [0.1, 0.15) is 0 Å². The summed E-state index contributed by atoms with van der Waals surface area (Å²) in [6, 6.07) is 0.390. The van der Waals surface area contributed by atoms with E-state index in [1.54, 1.807) is 0 Å². The van der Waals surface area contributed by atoms with Crippen molar-refractivity contribution >= 4 is 5.91 Å². The van der Waals surface area contributed by atoms with Gasteiger partial charge in [-0.2, -0.15) is 0 Å². The van der Waals surface area contributed by atoms with Gasteiger partial charge in [-0.1, -0.05) is 6.92 Å². The van der Waals surface area contributed by atoms with Gasteiger partial charge >= 0.3 is 0 Å². The lowest BCUT2D eigenvalue weighted by Crippen LogP contribution is -2.53. The van der Waals surface area contributed by atoms with E-state index in [9.17, 15) is 4.79 Å². The molecule has 0 bridgehead atoms. The van der Waals surface area contributed by atoms with Crippen LogP contribution in [0, 0.1) is 5.41 Å². The molecule has 2 fully saturated rings. The van der Waals surface area contributed by atoms with Crippen molar-refractivity contribution < 1.29 is 9.90 Å². The van der Waals surface area contributed by atoms with E-state index in [1.807, 2.05) is 4.90 Å². The van der Waals surface area contributed by atoms with E-state index < -0.39 is 0 Å². The van der Waals surface area contributed by atoms with Crippen LogP contribution in [0.5, 0.6) is 0 Å². The summed E-state index contributed by atoms with van der Waals surface area (Å²) in [5.41, 5.74) is -0.212. The third kappa shape index (κ3) is 2.63. The zero-order chi connectivity index (χ0) is 12.3. The second-order valence-electron chi connectivity index (χ2n) is 5.62. The molecule has 0 aromatic rings. The monoisotopic (exact) mass is 240 g/mol. The fraction of sp³-hybridized carbons (Fsp3) is 0.923. The number of hydrogen-bond donors (Lipinski definition) is 2. The number of aliphatic hydroxyl groups excluding tert-OH is 1. The van der Waals surface area contributed by atoms with Gasteiger partial charge in [0.15, 0.2) is 0 Å². The lowest BCUT2D eigenvalue weighted by Gasteiger charge is -2.43. The molecule has 2 aliphatic rings. The Balaban J connectivity index is 2.03. The maximum atomic E-state index is 12.6. The lowest BCUT2D eigenvalue weighted by molar-refractivity contribution is -0.147. The first-order valence-corrected chi connectivity index (χ1v) is 6.80. The van der Waals surface area contributed by atoms with E-state index in [0.717, 1.165) is 38.8 Å². The molecule has 98 valence electrons. The quantitative estimate of drug-likeness (QED) is 0.762. The number of nitrogens with zero attached hydrogens (tertiary/aromatic N) is 1. The Hall–Kier alpha value is -0.610. The Labute approximate surface area is 103 Å². The Morgan fingerprint density at radius 3 is 2.53 bits per heavy atom. The number of nitrogens with one attached hydrogen (secondary N) is 1. The van der Waals surface area contributed by atoms with Crippen molar-refractivity contribution in [2.45, 2.75) is 45.1 Å². The van der Waals surface area contributed by atoms with Gasteiger partial charge in [0.25, 0.3) is 0 Å². The summed E-state index contributed by atoms with van der Waals surface area (Å²) < 4.78 is 0. The molecule has 2 rings (SSSR count). The van der Waals surface area contributed by atoms with E-state index in [4.69, 9.17) is 5.11 Å². The predicted octanol–water partition coefficient (Wildman–Crippen LogP) is 0.749. The van der Waals surface area contributed by atoms with Crippen LogP contribution in [-0.2, 0) is 4.79 Å². The molecule has 0 aromatic heterocycles. The number of piperidine rings is 1. The van der Waals surface area contributed by atoms with Crippen LogP contribution in [0.1, 0.15) is 39.0 Å². The van der Waals surface area contributed by atoms with E-state index >= 15 is 0 Å². The molecule has 0 spiro atoms. The second-order valence-corrected chi connectivity index (χ2v) is 5.62. The predicted molar refractivity (Wildman–Crippen MR) is 66.6 cm³/mol. The molecular weight excluding hydrogens is 216 g/mol. The summed E-state index contributed by atoms with van der Waals surface area (Å²) in [5.74, 6) is 0.262. The van der Waals surface area contributed by atoms with Crippen LogP contribution in [0.3, 0.4) is 0 Å². The molecule has 1 amide bonds. The number of carbonyl (C=O) groups excluding carboxylic acids is 1. The first-order valence-electron chi connectivity index (χ1n) is 6.80. The van der Waals surface area contributed by atoms with Crippen LogP contribution in [0.2, 0.25) is 0 Å². The molecule has 0 unspecified atom stereocenters. The third-order valence-corrected chi connectivity index (χ3v) is 4.34. The molecular formula is C13H24N2O2. The van der Waals surface area contributed by atoms with Crippen molar-refractivity contribution in [3.63, 3.8) is 0 Å².